The Morgan fingerprint density at radius 3 is 2.56 bits per heavy atom. The van der Waals surface area contributed by atoms with Crippen molar-refractivity contribution in [3.05, 3.63) is 16.1 Å². The fourth-order valence-corrected chi connectivity index (χ4v) is 2.53. The third kappa shape index (κ3) is 3.78. The molecule has 1 aromatic heterocycles. The monoisotopic (exact) mass is 269 g/mol. The Kier molecular flexibility index (Phi) is 6.29. The van der Waals surface area contributed by atoms with E-state index in [1.165, 1.54) is 11.3 Å². The largest absolute Gasteiger partial charge is 0.337 e. The molecule has 0 aliphatic carbocycles. The molecule has 4 nitrogen and oxygen atoms in total. The molecule has 1 amide bonds. The van der Waals surface area contributed by atoms with Crippen LogP contribution in [0.3, 0.4) is 0 Å². The zero-order chi connectivity index (χ0) is 13.5. The van der Waals surface area contributed by atoms with Crippen LogP contribution in [0.4, 0.5) is 0 Å². The van der Waals surface area contributed by atoms with E-state index in [0.717, 1.165) is 30.9 Å². The Morgan fingerprint density at radius 1 is 1.44 bits per heavy atom. The predicted octanol–water partition coefficient (Wildman–Crippen LogP) is 2.50. The van der Waals surface area contributed by atoms with Crippen LogP contribution in [0.25, 0.3) is 0 Å². The van der Waals surface area contributed by atoms with Crippen molar-refractivity contribution in [2.24, 2.45) is 11.7 Å². The average molecular weight is 269 g/mol. The van der Waals surface area contributed by atoms with Crippen molar-refractivity contribution in [3.63, 3.8) is 0 Å². The zero-order valence-electron chi connectivity index (χ0n) is 11.5. The maximum atomic E-state index is 12.3. The average Bonchev–Trinajstić information content (AvgIpc) is 2.88. The van der Waals surface area contributed by atoms with Gasteiger partial charge in [-0.2, -0.15) is 0 Å². The van der Waals surface area contributed by atoms with Crippen LogP contribution in [0.1, 0.15) is 49.1 Å². The van der Waals surface area contributed by atoms with Crippen LogP contribution in [0.2, 0.25) is 0 Å². The van der Waals surface area contributed by atoms with Gasteiger partial charge >= 0.3 is 0 Å². The van der Waals surface area contributed by atoms with E-state index in [0.29, 0.717) is 18.2 Å². The lowest BCUT2D eigenvalue weighted by atomic mass is 10.0. The molecule has 1 rings (SSSR count). The number of carbonyl (C=O) groups excluding carboxylic acids is 1. The smallest absolute Gasteiger partial charge is 0.273 e. The molecule has 0 spiro atoms. The number of amides is 1. The highest BCUT2D eigenvalue weighted by atomic mass is 32.1. The van der Waals surface area contributed by atoms with Gasteiger partial charge in [0.25, 0.3) is 5.91 Å². The molecule has 1 aromatic rings. The van der Waals surface area contributed by atoms with E-state index in [1.807, 2.05) is 11.8 Å². The SMILES string of the molecule is CCC(CC)CN(CC)C(=O)c1csc(CN)n1. The molecule has 0 unspecified atom stereocenters. The Morgan fingerprint density at radius 2 is 2.11 bits per heavy atom. The molecule has 0 fully saturated rings. The Hall–Kier alpha value is -0.940. The molecular weight excluding hydrogens is 246 g/mol. The lowest BCUT2D eigenvalue weighted by Gasteiger charge is -2.24. The van der Waals surface area contributed by atoms with Crippen LogP contribution < -0.4 is 5.73 Å². The number of hydrogen-bond donors (Lipinski definition) is 1. The van der Waals surface area contributed by atoms with Gasteiger partial charge in [-0.3, -0.25) is 4.79 Å². The summed E-state index contributed by atoms with van der Waals surface area (Å²) in [6.45, 7) is 8.29. The molecule has 0 bridgehead atoms. The van der Waals surface area contributed by atoms with E-state index in [1.54, 1.807) is 5.38 Å². The van der Waals surface area contributed by atoms with Crippen molar-refractivity contribution >= 4 is 17.2 Å². The van der Waals surface area contributed by atoms with Gasteiger partial charge in [-0.05, 0) is 12.8 Å². The summed E-state index contributed by atoms with van der Waals surface area (Å²) < 4.78 is 0. The standard InChI is InChI=1S/C13H23N3OS/c1-4-10(5-2)8-16(6-3)13(17)11-9-18-12(7-14)15-11/h9-10H,4-8,14H2,1-3H3. The predicted molar refractivity (Wildman–Crippen MR) is 75.7 cm³/mol. The Balaban J connectivity index is 2.72. The van der Waals surface area contributed by atoms with Gasteiger partial charge in [0.1, 0.15) is 10.7 Å². The summed E-state index contributed by atoms with van der Waals surface area (Å²) in [5.41, 5.74) is 6.05. The number of nitrogens with two attached hydrogens (primary N) is 1. The molecule has 0 radical (unpaired) electrons. The van der Waals surface area contributed by atoms with Gasteiger partial charge in [-0.1, -0.05) is 26.7 Å². The van der Waals surface area contributed by atoms with Crippen LogP contribution in [0, 0.1) is 5.92 Å². The third-order valence-corrected chi connectivity index (χ3v) is 4.12. The summed E-state index contributed by atoms with van der Waals surface area (Å²) in [4.78, 5) is 18.4. The molecule has 18 heavy (non-hydrogen) atoms. The molecule has 2 N–H and O–H groups in total. The topological polar surface area (TPSA) is 59.2 Å². The van der Waals surface area contributed by atoms with E-state index in [4.69, 9.17) is 5.73 Å². The normalized spacial score (nSPS) is 10.9. The number of carbonyl (C=O) groups is 1. The van der Waals surface area contributed by atoms with E-state index >= 15 is 0 Å². The highest BCUT2D eigenvalue weighted by molar-refractivity contribution is 7.09. The number of nitrogens with zero attached hydrogens (tertiary/aromatic N) is 2. The number of rotatable bonds is 7. The lowest BCUT2D eigenvalue weighted by molar-refractivity contribution is 0.0729. The van der Waals surface area contributed by atoms with Gasteiger partial charge in [0.15, 0.2) is 0 Å². The van der Waals surface area contributed by atoms with E-state index < -0.39 is 0 Å². The van der Waals surface area contributed by atoms with Crippen LogP contribution >= 0.6 is 11.3 Å². The van der Waals surface area contributed by atoms with Crippen molar-refractivity contribution in [1.82, 2.24) is 9.88 Å². The zero-order valence-corrected chi connectivity index (χ0v) is 12.3. The fourth-order valence-electron chi connectivity index (χ4n) is 1.88. The quantitative estimate of drug-likeness (QED) is 0.827. The second-order valence-corrected chi connectivity index (χ2v) is 5.30. The second kappa shape index (κ2) is 7.48. The molecule has 1 heterocycles. The van der Waals surface area contributed by atoms with E-state index in [-0.39, 0.29) is 5.91 Å². The molecule has 5 heteroatoms. The first kappa shape index (κ1) is 15.1. The van der Waals surface area contributed by atoms with Gasteiger partial charge in [0.05, 0.1) is 0 Å². The van der Waals surface area contributed by atoms with Crippen molar-refractivity contribution in [2.45, 2.75) is 40.2 Å². The van der Waals surface area contributed by atoms with Gasteiger partial charge in [-0.15, -0.1) is 11.3 Å². The van der Waals surface area contributed by atoms with Crippen LogP contribution in [0.5, 0.6) is 0 Å². The highest BCUT2D eigenvalue weighted by Gasteiger charge is 2.19. The summed E-state index contributed by atoms with van der Waals surface area (Å²) in [7, 11) is 0. The van der Waals surface area contributed by atoms with Gasteiger partial charge < -0.3 is 10.6 Å². The number of thiazole rings is 1. The Labute approximate surface area is 113 Å². The summed E-state index contributed by atoms with van der Waals surface area (Å²) in [5.74, 6) is 0.599. The molecular formula is C13H23N3OS. The minimum absolute atomic E-state index is 0.0281. The summed E-state index contributed by atoms with van der Waals surface area (Å²) in [6.07, 6.45) is 2.21. The van der Waals surface area contributed by atoms with Gasteiger partial charge in [0.2, 0.25) is 0 Å². The molecule has 0 saturated heterocycles. The lowest BCUT2D eigenvalue weighted by Crippen LogP contribution is -2.35. The first-order chi connectivity index (χ1) is 8.65. The van der Waals surface area contributed by atoms with Gasteiger partial charge in [-0.25, -0.2) is 4.98 Å². The van der Waals surface area contributed by atoms with Crippen molar-refractivity contribution < 1.29 is 4.79 Å². The number of hydrogen-bond acceptors (Lipinski definition) is 4. The van der Waals surface area contributed by atoms with Crippen LogP contribution in [-0.4, -0.2) is 28.9 Å². The molecule has 0 atom stereocenters. The van der Waals surface area contributed by atoms with Gasteiger partial charge in [0, 0.05) is 25.0 Å². The number of aromatic nitrogens is 1. The maximum absolute atomic E-state index is 12.3. The summed E-state index contributed by atoms with van der Waals surface area (Å²) >= 11 is 1.45. The molecule has 102 valence electrons. The highest BCUT2D eigenvalue weighted by Crippen LogP contribution is 2.15. The molecule has 0 aliphatic rings. The van der Waals surface area contributed by atoms with E-state index in [2.05, 4.69) is 18.8 Å². The fraction of sp³-hybridized carbons (Fsp3) is 0.692. The van der Waals surface area contributed by atoms with E-state index in [9.17, 15) is 4.79 Å². The first-order valence-corrected chi connectivity index (χ1v) is 7.47. The first-order valence-electron chi connectivity index (χ1n) is 6.59. The second-order valence-electron chi connectivity index (χ2n) is 4.36. The Bertz CT molecular complexity index is 374. The summed E-state index contributed by atoms with van der Waals surface area (Å²) in [5, 5.41) is 2.62. The third-order valence-electron chi connectivity index (χ3n) is 3.25. The minimum atomic E-state index is 0.0281. The van der Waals surface area contributed by atoms with Crippen molar-refractivity contribution in [2.75, 3.05) is 13.1 Å². The van der Waals surface area contributed by atoms with Crippen LogP contribution in [-0.2, 0) is 6.54 Å². The van der Waals surface area contributed by atoms with Crippen molar-refractivity contribution in [3.8, 4) is 0 Å². The van der Waals surface area contributed by atoms with Crippen LogP contribution in [0.15, 0.2) is 5.38 Å². The summed E-state index contributed by atoms with van der Waals surface area (Å²) in [6, 6.07) is 0. The van der Waals surface area contributed by atoms with Crippen molar-refractivity contribution in [1.29, 1.82) is 0 Å². The molecule has 0 aliphatic heterocycles. The maximum Gasteiger partial charge on any atom is 0.273 e. The molecule has 0 saturated carbocycles. The minimum Gasteiger partial charge on any atom is -0.337 e. The molecule has 0 aromatic carbocycles.